The molecular formula is C29H42N6O5. The highest BCUT2D eigenvalue weighted by molar-refractivity contribution is 5.98. The fourth-order valence-corrected chi connectivity index (χ4v) is 6.24. The molecule has 5 rings (SSSR count). The summed E-state index contributed by atoms with van der Waals surface area (Å²) in [7, 11) is 2.12. The summed E-state index contributed by atoms with van der Waals surface area (Å²) in [5.74, 6) is -0.331. The van der Waals surface area contributed by atoms with E-state index in [0.717, 1.165) is 31.9 Å². The number of carbonyl (C=O) groups is 3. The maximum absolute atomic E-state index is 13.8. The number of hydrogen-bond acceptors (Lipinski definition) is 7. The zero-order valence-corrected chi connectivity index (χ0v) is 23.8. The molecular weight excluding hydrogens is 512 g/mol. The SMILES string of the molecule is CC(C)CC(NC(=O)c1ccc(N2CCN(C)CC2)cc1)C(=O)N1CCC2C1C=C[N+]2([O-])C(=O)N1CCOCC1. The summed E-state index contributed by atoms with van der Waals surface area (Å²) in [5.41, 5.74) is 1.59. The average molecular weight is 555 g/mol. The van der Waals surface area contributed by atoms with E-state index in [1.54, 1.807) is 15.9 Å². The average Bonchev–Trinajstić information content (AvgIpc) is 3.54. The van der Waals surface area contributed by atoms with Gasteiger partial charge >= 0.3 is 6.03 Å². The van der Waals surface area contributed by atoms with Crippen molar-refractivity contribution in [3.05, 3.63) is 47.3 Å². The van der Waals surface area contributed by atoms with Gasteiger partial charge in [-0.05, 0) is 49.7 Å². The Morgan fingerprint density at radius 1 is 1.02 bits per heavy atom. The Morgan fingerprint density at radius 2 is 1.70 bits per heavy atom. The van der Waals surface area contributed by atoms with Crippen molar-refractivity contribution in [1.29, 1.82) is 0 Å². The highest BCUT2D eigenvalue weighted by Gasteiger charge is 2.53. The summed E-state index contributed by atoms with van der Waals surface area (Å²) in [5, 5.41) is 16.7. The standard InChI is InChI=1S/C29H42N6O5/c1-21(2)20-24(30-27(36)22-4-6-23(7-5-22)32-13-11-31(3)12-14-32)28(37)34-10-8-26-25(34)9-17-35(26,39)29(38)33-15-18-40-19-16-33/h4-7,9,17,21,24-26H,8,10-16,18-20H2,1-3H3,(H,30,36). The maximum atomic E-state index is 13.8. The molecule has 40 heavy (non-hydrogen) atoms. The molecule has 0 aliphatic carbocycles. The molecule has 3 fully saturated rings. The van der Waals surface area contributed by atoms with Crippen LogP contribution in [0.2, 0.25) is 0 Å². The van der Waals surface area contributed by atoms with Gasteiger partial charge in [-0.3, -0.25) is 14.5 Å². The van der Waals surface area contributed by atoms with Gasteiger partial charge in [0, 0.05) is 63.5 Å². The Labute approximate surface area is 236 Å². The number of urea groups is 1. The first-order chi connectivity index (χ1) is 19.2. The lowest BCUT2D eigenvalue weighted by Crippen LogP contribution is -2.59. The van der Waals surface area contributed by atoms with Crippen molar-refractivity contribution in [2.75, 3.05) is 71.0 Å². The van der Waals surface area contributed by atoms with Crippen LogP contribution < -0.4 is 10.2 Å². The molecule has 4 aliphatic heterocycles. The fourth-order valence-electron chi connectivity index (χ4n) is 6.24. The lowest BCUT2D eigenvalue weighted by Gasteiger charge is -2.42. The fraction of sp³-hybridized carbons (Fsp3) is 0.621. The number of hydroxylamine groups is 3. The molecule has 218 valence electrons. The second kappa shape index (κ2) is 11.9. The van der Waals surface area contributed by atoms with Gasteiger partial charge in [0.1, 0.15) is 24.3 Å². The number of likely N-dealkylation sites (tertiary alicyclic amines) is 1. The first-order valence-electron chi connectivity index (χ1n) is 14.5. The van der Waals surface area contributed by atoms with Crippen molar-refractivity contribution < 1.29 is 23.8 Å². The van der Waals surface area contributed by atoms with E-state index in [1.807, 2.05) is 38.1 Å². The third kappa shape index (κ3) is 5.74. The van der Waals surface area contributed by atoms with Crippen molar-refractivity contribution in [3.63, 3.8) is 0 Å². The van der Waals surface area contributed by atoms with E-state index in [-0.39, 0.29) is 17.7 Å². The van der Waals surface area contributed by atoms with Crippen LogP contribution in [0.4, 0.5) is 10.5 Å². The van der Waals surface area contributed by atoms with Gasteiger partial charge in [-0.1, -0.05) is 13.8 Å². The number of rotatable bonds is 6. The minimum absolute atomic E-state index is 0.170. The first-order valence-corrected chi connectivity index (χ1v) is 14.5. The van der Waals surface area contributed by atoms with E-state index in [4.69, 9.17) is 4.74 Å². The number of anilines is 1. The zero-order valence-electron chi connectivity index (χ0n) is 23.8. The summed E-state index contributed by atoms with van der Waals surface area (Å²) in [4.78, 5) is 48.1. The van der Waals surface area contributed by atoms with Crippen LogP contribution in [0.5, 0.6) is 0 Å². The van der Waals surface area contributed by atoms with Crippen LogP contribution in [0, 0.1) is 11.1 Å². The van der Waals surface area contributed by atoms with Gasteiger partial charge in [-0.25, -0.2) is 9.44 Å². The molecule has 4 unspecified atom stereocenters. The molecule has 1 N–H and O–H groups in total. The molecule has 3 saturated heterocycles. The topological polar surface area (TPSA) is 108 Å². The van der Waals surface area contributed by atoms with E-state index in [2.05, 4.69) is 22.2 Å². The number of piperazine rings is 1. The second-order valence-electron chi connectivity index (χ2n) is 11.8. The molecule has 0 spiro atoms. The molecule has 4 atom stereocenters. The number of amides is 4. The van der Waals surface area contributed by atoms with Gasteiger partial charge in [0.25, 0.3) is 5.91 Å². The van der Waals surface area contributed by atoms with Crippen LogP contribution in [0.15, 0.2) is 36.5 Å². The Morgan fingerprint density at radius 3 is 2.35 bits per heavy atom. The summed E-state index contributed by atoms with van der Waals surface area (Å²) in [6.07, 6.45) is 4.00. The number of likely N-dealkylation sites (N-methyl/N-ethyl adjacent to an activating group) is 1. The normalized spacial score (nSPS) is 27.7. The Balaban J connectivity index is 1.24. The number of nitrogens with zero attached hydrogens (tertiary/aromatic N) is 5. The predicted octanol–water partition coefficient (Wildman–Crippen LogP) is 1.85. The van der Waals surface area contributed by atoms with E-state index < -0.39 is 28.8 Å². The molecule has 4 amide bonds. The molecule has 0 saturated carbocycles. The lowest BCUT2D eigenvalue weighted by molar-refractivity contribution is -0.771. The number of hydrogen-bond donors (Lipinski definition) is 1. The van der Waals surface area contributed by atoms with E-state index in [9.17, 15) is 19.6 Å². The van der Waals surface area contributed by atoms with E-state index in [1.165, 1.54) is 6.20 Å². The number of morpholine rings is 1. The summed E-state index contributed by atoms with van der Waals surface area (Å²) in [6, 6.07) is 5.30. The Kier molecular flexibility index (Phi) is 8.46. The summed E-state index contributed by atoms with van der Waals surface area (Å²) in [6.45, 7) is 9.93. The van der Waals surface area contributed by atoms with Crippen molar-refractivity contribution in [2.24, 2.45) is 5.92 Å². The van der Waals surface area contributed by atoms with Crippen molar-refractivity contribution in [3.8, 4) is 0 Å². The number of fused-ring (bicyclic) bond motifs is 1. The number of quaternary nitrogens is 1. The van der Waals surface area contributed by atoms with Crippen molar-refractivity contribution in [1.82, 2.24) is 20.0 Å². The minimum atomic E-state index is -1.07. The minimum Gasteiger partial charge on any atom is -0.618 e. The molecule has 1 aromatic rings. The molecule has 0 radical (unpaired) electrons. The quantitative estimate of drug-likeness (QED) is 0.422. The van der Waals surface area contributed by atoms with Crippen molar-refractivity contribution in [2.45, 2.75) is 44.8 Å². The van der Waals surface area contributed by atoms with Gasteiger partial charge in [0.2, 0.25) is 5.91 Å². The van der Waals surface area contributed by atoms with Crippen LogP contribution in [-0.2, 0) is 9.53 Å². The lowest BCUT2D eigenvalue weighted by atomic mass is 10.0. The Hall–Kier alpha value is -2.99. The van der Waals surface area contributed by atoms with Crippen molar-refractivity contribution >= 4 is 23.5 Å². The molecule has 4 heterocycles. The predicted molar refractivity (Wildman–Crippen MR) is 151 cm³/mol. The smallest absolute Gasteiger partial charge is 0.424 e. The van der Waals surface area contributed by atoms with Crippen LogP contribution in [-0.4, -0.2) is 121 Å². The third-order valence-corrected chi connectivity index (χ3v) is 8.59. The number of carbonyl (C=O) groups excluding carboxylic acids is 3. The maximum Gasteiger partial charge on any atom is 0.424 e. The first kappa shape index (κ1) is 28.5. The number of nitrogens with one attached hydrogen (secondary N) is 1. The highest BCUT2D eigenvalue weighted by Crippen LogP contribution is 2.37. The largest absolute Gasteiger partial charge is 0.618 e. The number of ether oxygens (including phenoxy) is 1. The molecule has 0 bridgehead atoms. The van der Waals surface area contributed by atoms with Crippen LogP contribution in [0.3, 0.4) is 0 Å². The molecule has 11 nitrogen and oxygen atoms in total. The molecule has 4 aliphatic rings. The van der Waals surface area contributed by atoms with Gasteiger partial charge in [0.15, 0.2) is 0 Å². The van der Waals surface area contributed by atoms with Crippen LogP contribution >= 0.6 is 0 Å². The van der Waals surface area contributed by atoms with Crippen LogP contribution in [0.25, 0.3) is 0 Å². The van der Waals surface area contributed by atoms with E-state index in [0.29, 0.717) is 51.3 Å². The third-order valence-electron chi connectivity index (χ3n) is 8.59. The number of benzene rings is 1. The Bertz CT molecular complexity index is 1110. The van der Waals surface area contributed by atoms with E-state index >= 15 is 0 Å². The van der Waals surface area contributed by atoms with Crippen LogP contribution in [0.1, 0.15) is 37.0 Å². The monoisotopic (exact) mass is 554 g/mol. The summed E-state index contributed by atoms with van der Waals surface area (Å²) < 4.78 is 4.25. The van der Waals surface area contributed by atoms with Gasteiger partial charge < -0.3 is 30.0 Å². The van der Waals surface area contributed by atoms with Gasteiger partial charge in [-0.2, -0.15) is 0 Å². The van der Waals surface area contributed by atoms with Gasteiger partial charge in [0.05, 0.1) is 13.2 Å². The highest BCUT2D eigenvalue weighted by atomic mass is 16.6. The zero-order chi connectivity index (χ0) is 28.4. The second-order valence-corrected chi connectivity index (χ2v) is 11.8. The molecule has 11 heteroatoms. The molecule has 0 aromatic heterocycles. The molecule has 1 aromatic carbocycles. The summed E-state index contributed by atoms with van der Waals surface area (Å²) >= 11 is 0. The van der Waals surface area contributed by atoms with Gasteiger partial charge in [-0.15, -0.1) is 0 Å².